The molecule has 0 aromatic heterocycles. The lowest BCUT2D eigenvalue weighted by atomic mass is 10.2. The van der Waals surface area contributed by atoms with Crippen molar-refractivity contribution in [2.45, 2.75) is 6.54 Å². The molecular formula is C21H23Cl2N3O3. The molecule has 1 heterocycles. The number of hydrogen-bond acceptors (Lipinski definition) is 4. The Hall–Kier alpha value is -2.28. The first kappa shape index (κ1) is 21.4. The van der Waals surface area contributed by atoms with Crippen molar-refractivity contribution < 1.29 is 14.3 Å². The summed E-state index contributed by atoms with van der Waals surface area (Å²) in [5.41, 5.74) is 1.07. The Labute approximate surface area is 180 Å². The molecule has 0 unspecified atom stereocenters. The minimum atomic E-state index is -0.116. The SMILES string of the molecule is O=C(CN1CCN(C(=O)COc2cc(Cl)ccc2Cl)CC1)NCc1ccccc1. The molecular weight excluding hydrogens is 413 g/mol. The summed E-state index contributed by atoms with van der Waals surface area (Å²) in [5, 5.41) is 3.83. The number of amides is 2. The predicted molar refractivity (Wildman–Crippen MR) is 113 cm³/mol. The number of benzene rings is 2. The number of ether oxygens (including phenoxy) is 1. The zero-order valence-electron chi connectivity index (χ0n) is 15.9. The van der Waals surface area contributed by atoms with E-state index in [9.17, 15) is 9.59 Å². The lowest BCUT2D eigenvalue weighted by Crippen LogP contribution is -2.52. The number of nitrogens with zero attached hydrogens (tertiary/aromatic N) is 2. The van der Waals surface area contributed by atoms with E-state index >= 15 is 0 Å². The fraction of sp³-hybridized carbons (Fsp3) is 0.333. The van der Waals surface area contributed by atoms with Crippen molar-refractivity contribution in [3.05, 3.63) is 64.1 Å². The molecule has 29 heavy (non-hydrogen) atoms. The summed E-state index contributed by atoms with van der Waals surface area (Å²) in [5.74, 6) is 0.253. The lowest BCUT2D eigenvalue weighted by molar-refractivity contribution is -0.135. The standard InChI is InChI=1S/C21H23Cl2N3O3/c22-17-6-7-18(23)19(12-17)29-15-21(28)26-10-8-25(9-11-26)14-20(27)24-13-16-4-2-1-3-5-16/h1-7,12H,8-11,13-15H2,(H,24,27). The highest BCUT2D eigenvalue weighted by molar-refractivity contribution is 6.34. The van der Waals surface area contributed by atoms with Gasteiger partial charge in [-0.1, -0.05) is 53.5 Å². The average Bonchev–Trinajstić information content (AvgIpc) is 2.74. The molecule has 8 heteroatoms. The van der Waals surface area contributed by atoms with Gasteiger partial charge in [0.1, 0.15) is 5.75 Å². The van der Waals surface area contributed by atoms with E-state index in [1.807, 2.05) is 35.2 Å². The Morgan fingerprint density at radius 1 is 1.00 bits per heavy atom. The molecule has 2 aromatic rings. The molecule has 1 aliphatic heterocycles. The third kappa shape index (κ3) is 6.63. The van der Waals surface area contributed by atoms with Gasteiger partial charge in [-0.3, -0.25) is 14.5 Å². The van der Waals surface area contributed by atoms with Crippen molar-refractivity contribution in [3.63, 3.8) is 0 Å². The molecule has 1 saturated heterocycles. The van der Waals surface area contributed by atoms with Crippen LogP contribution < -0.4 is 10.1 Å². The molecule has 6 nitrogen and oxygen atoms in total. The molecule has 0 bridgehead atoms. The van der Waals surface area contributed by atoms with Crippen molar-refractivity contribution in [1.29, 1.82) is 0 Å². The molecule has 0 spiro atoms. The number of carbonyl (C=O) groups excluding carboxylic acids is 2. The van der Waals surface area contributed by atoms with Crippen LogP contribution in [0.4, 0.5) is 0 Å². The van der Waals surface area contributed by atoms with Gasteiger partial charge in [0.05, 0.1) is 11.6 Å². The Morgan fingerprint density at radius 3 is 2.45 bits per heavy atom. The molecule has 2 amide bonds. The molecule has 3 rings (SSSR count). The van der Waals surface area contributed by atoms with Crippen LogP contribution in [0.15, 0.2) is 48.5 Å². The van der Waals surface area contributed by atoms with Gasteiger partial charge in [-0.25, -0.2) is 0 Å². The van der Waals surface area contributed by atoms with Crippen molar-refractivity contribution >= 4 is 35.0 Å². The molecule has 0 atom stereocenters. The number of rotatable bonds is 7. The summed E-state index contributed by atoms with van der Waals surface area (Å²) < 4.78 is 5.51. The average molecular weight is 436 g/mol. The Bertz CT molecular complexity index is 840. The van der Waals surface area contributed by atoms with Crippen LogP contribution in [0.1, 0.15) is 5.56 Å². The zero-order valence-corrected chi connectivity index (χ0v) is 17.5. The number of halogens is 2. The Morgan fingerprint density at radius 2 is 1.72 bits per heavy atom. The van der Waals surface area contributed by atoms with Gasteiger partial charge in [0, 0.05) is 43.8 Å². The normalized spacial score (nSPS) is 14.5. The molecule has 1 aliphatic rings. The first-order valence-corrected chi connectivity index (χ1v) is 10.2. The van der Waals surface area contributed by atoms with Gasteiger partial charge in [0.2, 0.25) is 5.91 Å². The maximum Gasteiger partial charge on any atom is 0.260 e. The van der Waals surface area contributed by atoms with E-state index in [4.69, 9.17) is 27.9 Å². The second-order valence-electron chi connectivity index (χ2n) is 6.78. The largest absolute Gasteiger partial charge is 0.482 e. The highest BCUT2D eigenvalue weighted by atomic mass is 35.5. The van der Waals surface area contributed by atoms with Gasteiger partial charge >= 0.3 is 0 Å². The summed E-state index contributed by atoms with van der Waals surface area (Å²) in [7, 11) is 0. The maximum absolute atomic E-state index is 12.4. The van der Waals surface area contributed by atoms with E-state index in [1.165, 1.54) is 0 Å². The Balaban J connectivity index is 1.37. The van der Waals surface area contributed by atoms with Crippen LogP contribution in [0, 0.1) is 0 Å². The van der Waals surface area contributed by atoms with Crippen LogP contribution in [-0.2, 0) is 16.1 Å². The van der Waals surface area contributed by atoms with Crippen molar-refractivity contribution in [2.24, 2.45) is 0 Å². The minimum Gasteiger partial charge on any atom is -0.482 e. The van der Waals surface area contributed by atoms with Crippen molar-refractivity contribution in [2.75, 3.05) is 39.3 Å². The Kier molecular flexibility index (Phi) is 7.75. The van der Waals surface area contributed by atoms with E-state index in [2.05, 4.69) is 5.32 Å². The van der Waals surface area contributed by atoms with Crippen LogP contribution >= 0.6 is 23.2 Å². The number of piperazine rings is 1. The summed E-state index contributed by atoms with van der Waals surface area (Å²) in [4.78, 5) is 28.3. The van der Waals surface area contributed by atoms with Gasteiger partial charge in [-0.2, -0.15) is 0 Å². The quantitative estimate of drug-likeness (QED) is 0.725. The second-order valence-corrected chi connectivity index (χ2v) is 7.63. The van der Waals surface area contributed by atoms with E-state index in [0.717, 1.165) is 5.56 Å². The highest BCUT2D eigenvalue weighted by Crippen LogP contribution is 2.27. The molecule has 0 aliphatic carbocycles. The van der Waals surface area contributed by atoms with E-state index in [1.54, 1.807) is 23.1 Å². The maximum atomic E-state index is 12.4. The number of nitrogens with one attached hydrogen (secondary N) is 1. The van der Waals surface area contributed by atoms with Crippen LogP contribution in [0.3, 0.4) is 0 Å². The fourth-order valence-corrected chi connectivity index (χ4v) is 3.36. The van der Waals surface area contributed by atoms with E-state index < -0.39 is 0 Å². The minimum absolute atomic E-state index is 0.0208. The first-order valence-electron chi connectivity index (χ1n) is 9.40. The third-order valence-electron chi connectivity index (χ3n) is 4.67. The number of carbonyl (C=O) groups is 2. The first-order chi connectivity index (χ1) is 14.0. The van der Waals surface area contributed by atoms with Gasteiger partial charge < -0.3 is 15.0 Å². The third-order valence-corrected chi connectivity index (χ3v) is 5.22. The van der Waals surface area contributed by atoms with Crippen molar-refractivity contribution in [1.82, 2.24) is 15.1 Å². The highest BCUT2D eigenvalue weighted by Gasteiger charge is 2.22. The van der Waals surface area contributed by atoms with Gasteiger partial charge in [-0.15, -0.1) is 0 Å². The van der Waals surface area contributed by atoms with Crippen LogP contribution in [-0.4, -0.2) is 60.9 Å². The van der Waals surface area contributed by atoms with Crippen LogP contribution in [0.25, 0.3) is 0 Å². The summed E-state index contributed by atoms with van der Waals surface area (Å²) in [6.45, 7) is 3.13. The monoisotopic (exact) mass is 435 g/mol. The molecule has 1 fully saturated rings. The fourth-order valence-electron chi connectivity index (χ4n) is 3.03. The van der Waals surface area contributed by atoms with Gasteiger partial charge in [0.15, 0.2) is 6.61 Å². The summed E-state index contributed by atoms with van der Waals surface area (Å²) >= 11 is 12.0. The number of hydrogen-bond donors (Lipinski definition) is 1. The lowest BCUT2D eigenvalue weighted by Gasteiger charge is -2.34. The van der Waals surface area contributed by atoms with E-state index in [-0.39, 0.29) is 18.4 Å². The molecule has 0 saturated carbocycles. The second kappa shape index (κ2) is 10.5. The van der Waals surface area contributed by atoms with Gasteiger partial charge in [0.25, 0.3) is 5.91 Å². The topological polar surface area (TPSA) is 61.9 Å². The molecule has 2 aromatic carbocycles. The molecule has 0 radical (unpaired) electrons. The predicted octanol–water partition coefficient (Wildman–Crippen LogP) is 2.83. The summed E-state index contributed by atoms with van der Waals surface area (Å²) in [6.07, 6.45) is 0. The summed E-state index contributed by atoms with van der Waals surface area (Å²) in [6, 6.07) is 14.7. The van der Waals surface area contributed by atoms with Gasteiger partial charge in [-0.05, 0) is 17.7 Å². The van der Waals surface area contributed by atoms with Crippen LogP contribution in [0.2, 0.25) is 10.0 Å². The van der Waals surface area contributed by atoms with E-state index in [0.29, 0.717) is 55.1 Å². The van der Waals surface area contributed by atoms with Crippen molar-refractivity contribution in [3.8, 4) is 5.75 Å². The van der Waals surface area contributed by atoms with Crippen LogP contribution in [0.5, 0.6) is 5.75 Å². The molecule has 154 valence electrons. The molecule has 1 N–H and O–H groups in total. The zero-order chi connectivity index (χ0) is 20.6. The smallest absolute Gasteiger partial charge is 0.260 e.